The van der Waals surface area contributed by atoms with Gasteiger partial charge < -0.3 is 20.2 Å². The van der Waals surface area contributed by atoms with E-state index < -0.39 is 0 Å². The maximum atomic E-state index is 12.4. The smallest absolute Gasteiger partial charge is 0.321 e. The second-order valence-electron chi connectivity index (χ2n) is 7.07. The van der Waals surface area contributed by atoms with Crippen molar-refractivity contribution < 1.29 is 9.90 Å². The minimum absolute atomic E-state index is 0.0511. The van der Waals surface area contributed by atoms with E-state index in [1.54, 1.807) is 0 Å². The molecular weight excluding hydrogens is 302 g/mol. The molecule has 0 bridgehead atoms. The molecule has 2 aliphatic heterocycles. The third-order valence-corrected chi connectivity index (χ3v) is 5.16. The molecule has 2 saturated heterocycles. The van der Waals surface area contributed by atoms with Crippen molar-refractivity contribution in [2.45, 2.75) is 32.1 Å². The number of urea groups is 1. The molecule has 1 atom stereocenters. The Morgan fingerprint density at radius 2 is 2.04 bits per heavy atom. The van der Waals surface area contributed by atoms with E-state index in [1.165, 1.54) is 31.5 Å². The van der Waals surface area contributed by atoms with Crippen molar-refractivity contribution in [1.82, 2.24) is 9.80 Å². The summed E-state index contributed by atoms with van der Waals surface area (Å²) in [7, 11) is 0. The zero-order valence-corrected chi connectivity index (χ0v) is 14.4. The van der Waals surface area contributed by atoms with Crippen molar-refractivity contribution in [1.29, 1.82) is 0 Å². The van der Waals surface area contributed by atoms with Gasteiger partial charge >= 0.3 is 6.03 Å². The molecule has 1 unspecified atom stereocenters. The maximum Gasteiger partial charge on any atom is 0.321 e. The van der Waals surface area contributed by atoms with Crippen LogP contribution in [0.2, 0.25) is 0 Å². The van der Waals surface area contributed by atoms with E-state index >= 15 is 0 Å². The maximum absolute atomic E-state index is 12.4. The number of nitrogens with one attached hydrogen (secondary N) is 1. The van der Waals surface area contributed by atoms with Gasteiger partial charge in [-0.25, -0.2) is 4.79 Å². The predicted octanol–water partition coefficient (Wildman–Crippen LogP) is 2.56. The number of anilines is 1. The van der Waals surface area contributed by atoms with E-state index in [4.69, 9.17) is 0 Å². The Morgan fingerprint density at radius 3 is 2.83 bits per heavy atom. The first-order valence-electron chi connectivity index (χ1n) is 9.22. The number of carbonyl (C=O) groups excluding carboxylic acids is 1. The average molecular weight is 331 g/mol. The summed E-state index contributed by atoms with van der Waals surface area (Å²) in [4.78, 5) is 16.8. The largest absolute Gasteiger partial charge is 0.396 e. The van der Waals surface area contributed by atoms with Gasteiger partial charge in [0.25, 0.3) is 0 Å². The first kappa shape index (κ1) is 17.2. The molecule has 132 valence electrons. The Labute approximate surface area is 144 Å². The number of hydrogen-bond acceptors (Lipinski definition) is 3. The Bertz CT molecular complexity index is 543. The van der Waals surface area contributed by atoms with Crippen molar-refractivity contribution in [3.63, 3.8) is 0 Å². The highest BCUT2D eigenvalue weighted by atomic mass is 16.3. The van der Waals surface area contributed by atoms with Gasteiger partial charge in [0.1, 0.15) is 0 Å². The lowest BCUT2D eigenvalue weighted by molar-refractivity contribution is 0.136. The lowest BCUT2D eigenvalue weighted by atomic mass is 9.99. The standard InChI is InChI=1S/C19H29N3O2/c23-15-17-6-4-11-22(14-17)19(24)20-18-7-3-5-16(13-18)8-12-21-9-1-2-10-21/h3,5,7,13,17,23H,1-2,4,6,8-12,14-15H2,(H,20,24). The van der Waals surface area contributed by atoms with E-state index in [-0.39, 0.29) is 18.6 Å². The van der Waals surface area contributed by atoms with Crippen molar-refractivity contribution in [3.05, 3.63) is 29.8 Å². The van der Waals surface area contributed by atoms with Crippen molar-refractivity contribution in [2.24, 2.45) is 5.92 Å². The lowest BCUT2D eigenvalue weighted by Gasteiger charge is -2.31. The fraction of sp³-hybridized carbons (Fsp3) is 0.632. The quantitative estimate of drug-likeness (QED) is 0.872. The molecule has 0 radical (unpaired) electrons. The molecule has 5 nitrogen and oxygen atoms in total. The fourth-order valence-corrected chi connectivity index (χ4v) is 3.70. The van der Waals surface area contributed by atoms with Gasteiger partial charge in [-0.3, -0.25) is 0 Å². The number of nitrogens with zero attached hydrogens (tertiary/aromatic N) is 2. The zero-order chi connectivity index (χ0) is 16.8. The summed E-state index contributed by atoms with van der Waals surface area (Å²) >= 11 is 0. The van der Waals surface area contributed by atoms with E-state index in [9.17, 15) is 9.90 Å². The Kier molecular flexibility index (Phi) is 6.10. The summed E-state index contributed by atoms with van der Waals surface area (Å²) in [6.07, 6.45) is 5.64. The summed E-state index contributed by atoms with van der Waals surface area (Å²) in [5.41, 5.74) is 2.14. The van der Waals surface area contributed by atoms with Gasteiger partial charge in [-0.05, 0) is 68.8 Å². The topological polar surface area (TPSA) is 55.8 Å². The van der Waals surface area contributed by atoms with Gasteiger partial charge in [-0.2, -0.15) is 0 Å². The number of hydrogen-bond donors (Lipinski definition) is 2. The Morgan fingerprint density at radius 1 is 1.21 bits per heavy atom. The molecule has 1 aromatic rings. The number of piperidine rings is 1. The van der Waals surface area contributed by atoms with Crippen LogP contribution in [-0.2, 0) is 6.42 Å². The lowest BCUT2D eigenvalue weighted by Crippen LogP contribution is -2.43. The van der Waals surface area contributed by atoms with Crippen LogP contribution in [-0.4, -0.2) is 60.3 Å². The molecule has 2 aliphatic rings. The molecule has 2 N–H and O–H groups in total. The van der Waals surface area contributed by atoms with Crippen LogP contribution >= 0.6 is 0 Å². The number of carbonyl (C=O) groups is 1. The first-order valence-corrected chi connectivity index (χ1v) is 9.22. The highest BCUT2D eigenvalue weighted by Gasteiger charge is 2.23. The van der Waals surface area contributed by atoms with Crippen LogP contribution in [0.3, 0.4) is 0 Å². The van der Waals surface area contributed by atoms with Gasteiger partial charge in [-0.15, -0.1) is 0 Å². The van der Waals surface area contributed by atoms with E-state index in [2.05, 4.69) is 22.3 Å². The molecule has 0 saturated carbocycles. The highest BCUT2D eigenvalue weighted by molar-refractivity contribution is 5.89. The van der Waals surface area contributed by atoms with E-state index in [1.807, 2.05) is 17.0 Å². The van der Waals surface area contributed by atoms with E-state index in [0.717, 1.165) is 38.0 Å². The molecule has 0 aliphatic carbocycles. The van der Waals surface area contributed by atoms with Crippen LogP contribution in [0.25, 0.3) is 0 Å². The van der Waals surface area contributed by atoms with Gasteiger partial charge in [0, 0.05) is 31.9 Å². The molecular formula is C19H29N3O2. The molecule has 24 heavy (non-hydrogen) atoms. The first-order chi connectivity index (χ1) is 11.7. The summed E-state index contributed by atoms with van der Waals surface area (Å²) in [6.45, 7) is 5.13. The molecule has 1 aromatic carbocycles. The Hall–Kier alpha value is -1.59. The van der Waals surface area contributed by atoms with Crippen molar-refractivity contribution >= 4 is 11.7 Å². The molecule has 5 heteroatoms. The van der Waals surface area contributed by atoms with E-state index in [0.29, 0.717) is 6.54 Å². The number of benzene rings is 1. The number of rotatable bonds is 5. The fourth-order valence-electron chi connectivity index (χ4n) is 3.70. The molecule has 2 fully saturated rings. The van der Waals surface area contributed by atoms with Gasteiger partial charge in [0.15, 0.2) is 0 Å². The summed E-state index contributed by atoms with van der Waals surface area (Å²) in [5.74, 6) is 0.219. The number of likely N-dealkylation sites (tertiary alicyclic amines) is 2. The van der Waals surface area contributed by atoms with Crippen LogP contribution in [0.15, 0.2) is 24.3 Å². The van der Waals surface area contributed by atoms with Crippen LogP contribution < -0.4 is 5.32 Å². The average Bonchev–Trinajstić information content (AvgIpc) is 3.14. The Balaban J connectivity index is 1.52. The minimum Gasteiger partial charge on any atom is -0.396 e. The summed E-state index contributed by atoms with van der Waals surface area (Å²) in [5, 5.41) is 12.3. The third kappa shape index (κ3) is 4.71. The molecule has 2 heterocycles. The number of aliphatic hydroxyl groups is 1. The molecule has 3 rings (SSSR count). The highest BCUT2D eigenvalue weighted by Crippen LogP contribution is 2.18. The summed E-state index contributed by atoms with van der Waals surface area (Å²) < 4.78 is 0. The summed E-state index contributed by atoms with van der Waals surface area (Å²) in [6, 6.07) is 8.13. The molecule has 0 spiro atoms. The van der Waals surface area contributed by atoms with Crippen LogP contribution in [0, 0.1) is 5.92 Å². The van der Waals surface area contributed by atoms with Crippen LogP contribution in [0.4, 0.5) is 10.5 Å². The number of amides is 2. The monoisotopic (exact) mass is 331 g/mol. The van der Waals surface area contributed by atoms with Crippen LogP contribution in [0.5, 0.6) is 0 Å². The van der Waals surface area contributed by atoms with Gasteiger partial charge in [0.05, 0.1) is 0 Å². The van der Waals surface area contributed by atoms with Gasteiger partial charge in [0.2, 0.25) is 0 Å². The van der Waals surface area contributed by atoms with Crippen LogP contribution in [0.1, 0.15) is 31.2 Å². The molecule has 2 amide bonds. The third-order valence-electron chi connectivity index (χ3n) is 5.16. The van der Waals surface area contributed by atoms with Crippen molar-refractivity contribution in [3.8, 4) is 0 Å². The number of aliphatic hydroxyl groups excluding tert-OH is 1. The predicted molar refractivity (Wildman–Crippen MR) is 96.2 cm³/mol. The second-order valence-corrected chi connectivity index (χ2v) is 7.07. The SMILES string of the molecule is O=C(Nc1cccc(CCN2CCCC2)c1)N1CCCC(CO)C1. The molecule has 0 aromatic heterocycles. The minimum atomic E-state index is -0.0511. The second kappa shape index (κ2) is 8.49. The van der Waals surface area contributed by atoms with Crippen molar-refractivity contribution in [2.75, 3.05) is 44.6 Å². The zero-order valence-electron chi connectivity index (χ0n) is 14.4. The normalized spacial score (nSPS) is 21.9. The van der Waals surface area contributed by atoms with Gasteiger partial charge in [-0.1, -0.05) is 12.1 Å².